The number of benzene rings is 2. The molecule has 2 atom stereocenters. The SMILES string of the molecule is CC(C(=O)c1ccccc1)N1CCOC(Cc2ccccc2)(N(C)C)C1. The summed E-state index contributed by atoms with van der Waals surface area (Å²) in [6.45, 7) is 4.10. The molecule has 0 saturated carbocycles. The first-order valence-electron chi connectivity index (χ1n) is 9.20. The Bertz CT molecular complexity index is 717. The third-order valence-corrected chi connectivity index (χ3v) is 5.32. The minimum atomic E-state index is -0.426. The fourth-order valence-electron chi connectivity index (χ4n) is 3.59. The van der Waals surface area contributed by atoms with Crippen LogP contribution in [0.15, 0.2) is 60.7 Å². The first-order valence-corrected chi connectivity index (χ1v) is 9.20. The summed E-state index contributed by atoms with van der Waals surface area (Å²) in [5, 5.41) is 0. The molecular formula is C22H28N2O2. The van der Waals surface area contributed by atoms with Gasteiger partial charge in [-0.05, 0) is 26.6 Å². The monoisotopic (exact) mass is 352 g/mol. The number of ether oxygens (including phenoxy) is 1. The summed E-state index contributed by atoms with van der Waals surface area (Å²) in [7, 11) is 4.10. The molecule has 0 bridgehead atoms. The van der Waals surface area contributed by atoms with E-state index < -0.39 is 5.72 Å². The molecule has 4 heteroatoms. The fourth-order valence-corrected chi connectivity index (χ4v) is 3.59. The van der Waals surface area contributed by atoms with E-state index in [2.05, 4.69) is 48.2 Å². The van der Waals surface area contributed by atoms with E-state index in [1.807, 2.05) is 43.3 Å². The van der Waals surface area contributed by atoms with Crippen molar-refractivity contribution >= 4 is 5.78 Å². The molecule has 2 aromatic carbocycles. The van der Waals surface area contributed by atoms with Crippen molar-refractivity contribution in [3.05, 3.63) is 71.8 Å². The number of morpholine rings is 1. The van der Waals surface area contributed by atoms with Gasteiger partial charge in [0, 0.05) is 25.1 Å². The molecule has 26 heavy (non-hydrogen) atoms. The first kappa shape index (κ1) is 18.8. The van der Waals surface area contributed by atoms with Crippen LogP contribution in [0.1, 0.15) is 22.8 Å². The number of rotatable bonds is 6. The Morgan fingerprint density at radius 3 is 2.35 bits per heavy atom. The lowest BCUT2D eigenvalue weighted by Gasteiger charge is -2.48. The molecule has 0 N–H and O–H groups in total. The number of ketones is 1. The number of carbonyl (C=O) groups is 1. The van der Waals surface area contributed by atoms with E-state index in [1.165, 1.54) is 5.56 Å². The van der Waals surface area contributed by atoms with Crippen molar-refractivity contribution in [2.45, 2.75) is 25.1 Å². The van der Waals surface area contributed by atoms with E-state index >= 15 is 0 Å². The molecule has 1 aliphatic rings. The normalized spacial score (nSPS) is 22.3. The van der Waals surface area contributed by atoms with Crippen LogP contribution in [0.2, 0.25) is 0 Å². The van der Waals surface area contributed by atoms with Crippen LogP contribution in [0.4, 0.5) is 0 Å². The lowest BCUT2D eigenvalue weighted by Crippen LogP contribution is -2.62. The third kappa shape index (κ3) is 4.04. The average Bonchev–Trinajstić information content (AvgIpc) is 2.68. The second-order valence-corrected chi connectivity index (χ2v) is 7.23. The Balaban J connectivity index is 1.78. The third-order valence-electron chi connectivity index (χ3n) is 5.32. The van der Waals surface area contributed by atoms with Crippen LogP contribution in [-0.2, 0) is 11.2 Å². The molecule has 0 spiro atoms. The molecule has 1 saturated heterocycles. The molecule has 138 valence electrons. The van der Waals surface area contributed by atoms with Crippen molar-refractivity contribution in [3.63, 3.8) is 0 Å². The van der Waals surface area contributed by atoms with Crippen molar-refractivity contribution in [2.75, 3.05) is 33.8 Å². The summed E-state index contributed by atoms with van der Waals surface area (Å²) in [4.78, 5) is 17.3. The highest BCUT2D eigenvalue weighted by atomic mass is 16.5. The van der Waals surface area contributed by atoms with E-state index in [-0.39, 0.29) is 11.8 Å². The predicted molar refractivity (Wildman–Crippen MR) is 104 cm³/mol. The van der Waals surface area contributed by atoms with Crippen LogP contribution in [0.5, 0.6) is 0 Å². The highest BCUT2D eigenvalue weighted by Gasteiger charge is 2.41. The van der Waals surface area contributed by atoms with Gasteiger partial charge in [-0.1, -0.05) is 60.7 Å². The van der Waals surface area contributed by atoms with E-state index in [4.69, 9.17) is 4.74 Å². The number of hydrogen-bond donors (Lipinski definition) is 0. The summed E-state index contributed by atoms with van der Waals surface area (Å²) >= 11 is 0. The number of likely N-dealkylation sites (N-methyl/N-ethyl adjacent to an activating group) is 1. The van der Waals surface area contributed by atoms with E-state index in [9.17, 15) is 4.79 Å². The second-order valence-electron chi connectivity index (χ2n) is 7.23. The zero-order chi connectivity index (χ0) is 18.6. The average molecular weight is 352 g/mol. The van der Waals surface area contributed by atoms with Crippen molar-refractivity contribution in [3.8, 4) is 0 Å². The zero-order valence-corrected chi connectivity index (χ0v) is 15.9. The van der Waals surface area contributed by atoms with Gasteiger partial charge in [-0.15, -0.1) is 0 Å². The van der Waals surface area contributed by atoms with Crippen LogP contribution >= 0.6 is 0 Å². The van der Waals surface area contributed by atoms with Crippen LogP contribution < -0.4 is 0 Å². The van der Waals surface area contributed by atoms with Gasteiger partial charge >= 0.3 is 0 Å². The Morgan fingerprint density at radius 2 is 1.73 bits per heavy atom. The second kappa shape index (κ2) is 8.12. The van der Waals surface area contributed by atoms with Crippen molar-refractivity contribution in [1.29, 1.82) is 0 Å². The van der Waals surface area contributed by atoms with Crippen LogP contribution in [-0.4, -0.2) is 61.1 Å². The minimum absolute atomic E-state index is 0.167. The van der Waals surface area contributed by atoms with Gasteiger partial charge in [0.25, 0.3) is 0 Å². The number of carbonyl (C=O) groups excluding carboxylic acids is 1. The van der Waals surface area contributed by atoms with Gasteiger partial charge in [-0.3, -0.25) is 14.6 Å². The predicted octanol–water partition coefficient (Wildman–Crippen LogP) is 3.09. The molecule has 4 nitrogen and oxygen atoms in total. The van der Waals surface area contributed by atoms with Crippen molar-refractivity contribution < 1.29 is 9.53 Å². The Labute approximate surface area is 156 Å². The number of nitrogens with zero attached hydrogens (tertiary/aromatic N) is 2. The molecule has 0 amide bonds. The van der Waals surface area contributed by atoms with Crippen LogP contribution in [0.3, 0.4) is 0 Å². The van der Waals surface area contributed by atoms with Gasteiger partial charge in [-0.2, -0.15) is 0 Å². The maximum absolute atomic E-state index is 12.9. The van der Waals surface area contributed by atoms with Gasteiger partial charge in [0.2, 0.25) is 0 Å². The van der Waals surface area contributed by atoms with Gasteiger partial charge in [0.05, 0.1) is 12.6 Å². The summed E-state index contributed by atoms with van der Waals surface area (Å²) in [5.41, 5.74) is 1.58. The fraction of sp³-hybridized carbons (Fsp3) is 0.409. The van der Waals surface area contributed by atoms with Gasteiger partial charge < -0.3 is 4.74 Å². The Hall–Kier alpha value is -2.01. The van der Waals surface area contributed by atoms with Gasteiger partial charge in [0.15, 0.2) is 5.78 Å². The smallest absolute Gasteiger partial charge is 0.179 e. The zero-order valence-electron chi connectivity index (χ0n) is 15.9. The molecule has 1 fully saturated rings. The van der Waals surface area contributed by atoms with E-state index in [1.54, 1.807) is 0 Å². The summed E-state index contributed by atoms with van der Waals surface area (Å²) in [5.74, 6) is 0.167. The molecular weight excluding hydrogens is 324 g/mol. The van der Waals surface area contributed by atoms with Crippen LogP contribution in [0.25, 0.3) is 0 Å². The lowest BCUT2D eigenvalue weighted by atomic mass is 9.97. The minimum Gasteiger partial charge on any atom is -0.357 e. The molecule has 0 aromatic heterocycles. The topological polar surface area (TPSA) is 32.8 Å². The summed E-state index contributed by atoms with van der Waals surface area (Å²) < 4.78 is 6.27. The number of hydrogen-bond acceptors (Lipinski definition) is 4. The highest BCUT2D eigenvalue weighted by Crippen LogP contribution is 2.27. The highest BCUT2D eigenvalue weighted by molar-refractivity contribution is 5.99. The molecule has 0 aliphatic carbocycles. The lowest BCUT2D eigenvalue weighted by molar-refractivity contribution is -0.185. The quantitative estimate of drug-likeness (QED) is 0.748. The molecule has 0 radical (unpaired) electrons. The largest absolute Gasteiger partial charge is 0.357 e. The standard InChI is InChI=1S/C22H28N2O2/c1-18(21(25)20-12-8-5-9-13-20)24-14-15-26-22(17-24,23(2)3)16-19-10-6-4-7-11-19/h4-13,18H,14-17H2,1-3H3. The van der Waals surface area contributed by atoms with Crippen molar-refractivity contribution in [2.24, 2.45) is 0 Å². The Morgan fingerprint density at radius 1 is 1.12 bits per heavy atom. The first-order chi connectivity index (χ1) is 12.5. The number of Topliss-reactive ketones (excluding diaryl/α,β-unsaturated/α-hetero) is 1. The molecule has 2 aromatic rings. The van der Waals surface area contributed by atoms with Gasteiger partial charge in [-0.25, -0.2) is 0 Å². The van der Waals surface area contributed by atoms with E-state index in [0.29, 0.717) is 13.2 Å². The maximum atomic E-state index is 12.9. The molecule has 2 unspecified atom stereocenters. The van der Waals surface area contributed by atoms with Crippen molar-refractivity contribution in [1.82, 2.24) is 9.80 Å². The molecule has 3 rings (SSSR count). The molecule has 1 heterocycles. The van der Waals surface area contributed by atoms with E-state index in [0.717, 1.165) is 18.5 Å². The Kier molecular flexibility index (Phi) is 5.87. The molecule has 1 aliphatic heterocycles. The van der Waals surface area contributed by atoms with Gasteiger partial charge in [0.1, 0.15) is 5.72 Å². The maximum Gasteiger partial charge on any atom is 0.179 e. The summed E-state index contributed by atoms with van der Waals surface area (Å²) in [6, 6.07) is 19.8. The summed E-state index contributed by atoms with van der Waals surface area (Å²) in [6.07, 6.45) is 0.795. The van der Waals surface area contributed by atoms with Crippen LogP contribution in [0, 0.1) is 0 Å².